The Balaban J connectivity index is 1.81. The highest BCUT2D eigenvalue weighted by atomic mass is 16.5. The maximum atomic E-state index is 12.8. The molecular formula is C23H30N6O3. The molecule has 0 aromatic carbocycles. The average Bonchev–Trinajstić information content (AvgIpc) is 3.32. The third-order valence-corrected chi connectivity index (χ3v) is 5.35. The van der Waals surface area contributed by atoms with Crippen molar-refractivity contribution >= 4 is 17.5 Å². The topological polar surface area (TPSA) is 143 Å². The normalized spacial score (nSPS) is 12.8. The van der Waals surface area contributed by atoms with Crippen LogP contribution < -0.4 is 11.5 Å². The average molecular weight is 439 g/mol. The molecule has 1 unspecified atom stereocenters. The van der Waals surface area contributed by atoms with E-state index in [1.807, 2.05) is 40.7 Å². The van der Waals surface area contributed by atoms with Gasteiger partial charge in [-0.05, 0) is 32.9 Å². The molecule has 0 aliphatic rings. The van der Waals surface area contributed by atoms with Gasteiger partial charge in [-0.3, -0.25) is 14.6 Å². The first-order valence-electron chi connectivity index (χ1n) is 10.5. The Kier molecular flexibility index (Phi) is 6.20. The van der Waals surface area contributed by atoms with Gasteiger partial charge in [-0.25, -0.2) is 4.68 Å². The van der Waals surface area contributed by atoms with Crippen LogP contribution in [0.3, 0.4) is 0 Å². The molecule has 0 saturated heterocycles. The van der Waals surface area contributed by atoms with Crippen LogP contribution in [0.5, 0.6) is 0 Å². The predicted molar refractivity (Wildman–Crippen MR) is 121 cm³/mol. The highest BCUT2D eigenvalue weighted by Crippen LogP contribution is 2.29. The van der Waals surface area contributed by atoms with Crippen LogP contribution in [-0.2, 0) is 16.6 Å². The first kappa shape index (κ1) is 23.2. The van der Waals surface area contributed by atoms with Crippen LogP contribution in [0, 0.1) is 0 Å². The number of ketones is 1. The molecule has 0 saturated carbocycles. The molecule has 3 heterocycles. The number of Topliss-reactive ketones (excluding diaryl/α,β-unsaturated/α-hetero) is 1. The quantitative estimate of drug-likeness (QED) is 0.575. The Hall–Kier alpha value is -3.49. The number of aromatic nitrogens is 4. The number of rotatable bonds is 7. The number of primary amides is 1. The molecule has 32 heavy (non-hydrogen) atoms. The van der Waals surface area contributed by atoms with E-state index in [0.717, 1.165) is 5.69 Å². The van der Waals surface area contributed by atoms with Crippen molar-refractivity contribution in [1.29, 1.82) is 0 Å². The fourth-order valence-corrected chi connectivity index (χ4v) is 3.33. The van der Waals surface area contributed by atoms with Gasteiger partial charge in [0.1, 0.15) is 28.6 Å². The van der Waals surface area contributed by atoms with Gasteiger partial charge < -0.3 is 16.0 Å². The van der Waals surface area contributed by atoms with Crippen LogP contribution in [0.25, 0.3) is 11.3 Å². The van der Waals surface area contributed by atoms with E-state index in [4.69, 9.17) is 16.0 Å². The molecule has 9 nitrogen and oxygen atoms in total. The molecule has 0 fully saturated rings. The molecule has 3 aromatic rings. The summed E-state index contributed by atoms with van der Waals surface area (Å²) in [6.45, 7) is 11.7. The monoisotopic (exact) mass is 438 g/mol. The molecule has 4 N–H and O–H groups in total. The summed E-state index contributed by atoms with van der Waals surface area (Å²) in [5, 5.41) is 8.51. The largest absolute Gasteiger partial charge is 0.383 e. The van der Waals surface area contributed by atoms with Crippen LogP contribution in [0.4, 0.5) is 5.82 Å². The molecule has 0 bridgehead atoms. The van der Waals surface area contributed by atoms with E-state index in [1.54, 1.807) is 29.9 Å². The Morgan fingerprint density at radius 2 is 1.88 bits per heavy atom. The summed E-state index contributed by atoms with van der Waals surface area (Å²) < 4.78 is 6.89. The molecule has 1 atom stereocenters. The molecule has 0 aliphatic heterocycles. The third kappa shape index (κ3) is 4.56. The van der Waals surface area contributed by atoms with E-state index in [1.165, 1.54) is 0 Å². The zero-order valence-corrected chi connectivity index (χ0v) is 19.3. The maximum absolute atomic E-state index is 12.8. The second kappa shape index (κ2) is 8.57. The van der Waals surface area contributed by atoms with Crippen LogP contribution in [0.1, 0.15) is 81.0 Å². The lowest BCUT2D eigenvalue weighted by Crippen LogP contribution is -2.15. The van der Waals surface area contributed by atoms with Gasteiger partial charge in [-0.1, -0.05) is 25.9 Å². The van der Waals surface area contributed by atoms with E-state index in [9.17, 15) is 9.59 Å². The maximum Gasteiger partial charge on any atom is 0.254 e. The highest BCUT2D eigenvalue weighted by molar-refractivity contribution is 6.03. The third-order valence-electron chi connectivity index (χ3n) is 5.35. The predicted octanol–water partition coefficient (Wildman–Crippen LogP) is 3.41. The van der Waals surface area contributed by atoms with Gasteiger partial charge in [-0.2, -0.15) is 5.10 Å². The number of hydrogen-bond acceptors (Lipinski definition) is 7. The molecule has 0 spiro atoms. The number of anilines is 1. The SMILES string of the molecule is CC(C(=O)Cc1cc(C(C)(C)C)no1)c1ccc(-c2nn(C(C)C)c(N)c2C(N)=O)cn1. The van der Waals surface area contributed by atoms with Crippen molar-refractivity contribution < 1.29 is 14.1 Å². The van der Waals surface area contributed by atoms with E-state index < -0.39 is 11.8 Å². The summed E-state index contributed by atoms with van der Waals surface area (Å²) in [6.07, 6.45) is 1.71. The van der Waals surface area contributed by atoms with Crippen molar-refractivity contribution in [3.63, 3.8) is 0 Å². The van der Waals surface area contributed by atoms with Crippen LogP contribution in [0.2, 0.25) is 0 Å². The van der Waals surface area contributed by atoms with Crippen LogP contribution in [-0.4, -0.2) is 31.6 Å². The van der Waals surface area contributed by atoms with Crippen molar-refractivity contribution in [2.24, 2.45) is 5.73 Å². The van der Waals surface area contributed by atoms with Crippen molar-refractivity contribution in [2.75, 3.05) is 5.73 Å². The van der Waals surface area contributed by atoms with Crippen LogP contribution in [0.15, 0.2) is 28.9 Å². The summed E-state index contributed by atoms with van der Waals surface area (Å²) in [5.74, 6) is -0.381. The molecule has 1 amide bonds. The number of nitrogens with two attached hydrogens (primary N) is 2. The standard InChI is InChI=1S/C23H30N6O3/c1-12(2)29-21(24)19(22(25)31)20(27-29)14-7-8-16(26-11-14)13(3)17(30)9-15-10-18(28-32-15)23(4,5)6/h7-8,10-13H,9,24H2,1-6H3,(H2,25,31). The zero-order chi connectivity index (χ0) is 23.8. The van der Waals surface area contributed by atoms with Crippen molar-refractivity contribution in [3.8, 4) is 11.3 Å². The van der Waals surface area contributed by atoms with Crippen LogP contribution >= 0.6 is 0 Å². The fraction of sp³-hybridized carbons (Fsp3) is 0.435. The minimum absolute atomic E-state index is 0.0342. The Morgan fingerprint density at radius 3 is 2.38 bits per heavy atom. The summed E-state index contributed by atoms with van der Waals surface area (Å²) in [4.78, 5) is 29.2. The van der Waals surface area contributed by atoms with Crippen molar-refractivity contribution in [3.05, 3.63) is 47.1 Å². The van der Waals surface area contributed by atoms with Crippen molar-refractivity contribution in [1.82, 2.24) is 19.9 Å². The second-order valence-electron chi connectivity index (χ2n) is 9.28. The lowest BCUT2D eigenvalue weighted by Gasteiger charge is -2.12. The second-order valence-corrected chi connectivity index (χ2v) is 9.28. The Bertz CT molecular complexity index is 1140. The van der Waals surface area contributed by atoms with Gasteiger partial charge >= 0.3 is 0 Å². The lowest BCUT2D eigenvalue weighted by molar-refractivity contribution is -0.119. The molecule has 9 heteroatoms. The zero-order valence-electron chi connectivity index (χ0n) is 19.3. The van der Waals surface area contributed by atoms with E-state index in [2.05, 4.69) is 15.2 Å². The Morgan fingerprint density at radius 1 is 1.19 bits per heavy atom. The molecular weight excluding hydrogens is 408 g/mol. The van der Waals surface area contributed by atoms with Gasteiger partial charge in [0.05, 0.1) is 23.7 Å². The van der Waals surface area contributed by atoms with Gasteiger partial charge in [0.25, 0.3) is 5.91 Å². The first-order valence-corrected chi connectivity index (χ1v) is 10.5. The summed E-state index contributed by atoms with van der Waals surface area (Å²) in [7, 11) is 0. The Labute approximate surface area is 187 Å². The van der Waals surface area contributed by atoms with Gasteiger partial charge in [-0.15, -0.1) is 0 Å². The van der Waals surface area contributed by atoms with E-state index in [-0.39, 0.29) is 35.0 Å². The summed E-state index contributed by atoms with van der Waals surface area (Å²) in [6, 6.07) is 5.29. The minimum atomic E-state index is -0.654. The smallest absolute Gasteiger partial charge is 0.254 e. The summed E-state index contributed by atoms with van der Waals surface area (Å²) >= 11 is 0. The highest BCUT2D eigenvalue weighted by Gasteiger charge is 2.25. The number of amides is 1. The lowest BCUT2D eigenvalue weighted by atomic mass is 9.91. The fourth-order valence-electron chi connectivity index (χ4n) is 3.33. The van der Waals surface area contributed by atoms with Gasteiger partial charge in [0.2, 0.25) is 0 Å². The van der Waals surface area contributed by atoms with E-state index >= 15 is 0 Å². The first-order chi connectivity index (χ1) is 14.9. The van der Waals surface area contributed by atoms with Gasteiger partial charge in [0, 0.05) is 29.3 Å². The number of hydrogen-bond donors (Lipinski definition) is 2. The molecule has 0 radical (unpaired) electrons. The number of nitrogens with zero attached hydrogens (tertiary/aromatic N) is 4. The number of carbonyl (C=O) groups is 2. The van der Waals surface area contributed by atoms with Gasteiger partial charge in [0.15, 0.2) is 0 Å². The van der Waals surface area contributed by atoms with E-state index in [0.29, 0.717) is 22.7 Å². The molecule has 3 aromatic heterocycles. The molecule has 0 aliphatic carbocycles. The van der Waals surface area contributed by atoms with Crippen molar-refractivity contribution in [2.45, 2.75) is 65.3 Å². The minimum Gasteiger partial charge on any atom is -0.383 e. The molecule has 3 rings (SSSR count). The summed E-state index contributed by atoms with van der Waals surface area (Å²) in [5.41, 5.74) is 14.0. The number of carbonyl (C=O) groups excluding carboxylic acids is 2. The number of pyridine rings is 1. The molecule has 170 valence electrons. The number of nitrogen functional groups attached to an aromatic ring is 1.